The standard InChI is InChI=1S/C24H24N2O6S/c1-16(20-8-3-4-9-21(20)30-2)26-24(27)18-6-5-7-19(13-18)33(28,29)25-14-17-10-11-22-23(12-17)32-15-31-22/h3-13,16,25H,14-15H2,1-2H3,(H,26,27)/t16-/m1/s1. The molecule has 4 rings (SSSR count). The highest BCUT2D eigenvalue weighted by Crippen LogP contribution is 2.32. The Hall–Kier alpha value is -3.56. The molecule has 1 atom stereocenters. The molecule has 8 nitrogen and oxygen atoms in total. The van der Waals surface area contributed by atoms with Gasteiger partial charge in [-0.1, -0.05) is 30.3 Å². The summed E-state index contributed by atoms with van der Waals surface area (Å²) in [5.74, 6) is 1.48. The van der Waals surface area contributed by atoms with Crippen molar-refractivity contribution in [2.45, 2.75) is 24.4 Å². The van der Waals surface area contributed by atoms with Gasteiger partial charge in [0.2, 0.25) is 16.8 Å². The van der Waals surface area contributed by atoms with E-state index < -0.39 is 10.0 Å². The number of fused-ring (bicyclic) bond motifs is 1. The SMILES string of the molecule is COc1ccccc1[C@@H](C)NC(=O)c1cccc(S(=O)(=O)NCc2ccc3c(c2)OCO3)c1. The molecule has 0 aromatic heterocycles. The molecule has 1 aliphatic heterocycles. The highest BCUT2D eigenvalue weighted by molar-refractivity contribution is 7.89. The Bertz CT molecular complexity index is 1280. The predicted octanol–water partition coefficient (Wildman–Crippen LogP) is 3.39. The van der Waals surface area contributed by atoms with Crippen molar-refractivity contribution in [3.8, 4) is 17.2 Å². The maximum absolute atomic E-state index is 12.8. The van der Waals surface area contributed by atoms with Gasteiger partial charge in [0.1, 0.15) is 5.75 Å². The summed E-state index contributed by atoms with van der Waals surface area (Å²) in [4.78, 5) is 12.8. The van der Waals surface area contributed by atoms with E-state index >= 15 is 0 Å². The van der Waals surface area contributed by atoms with Crippen LogP contribution in [0.15, 0.2) is 71.6 Å². The van der Waals surface area contributed by atoms with Crippen LogP contribution in [0.2, 0.25) is 0 Å². The molecule has 0 fully saturated rings. The largest absolute Gasteiger partial charge is 0.496 e. The second-order valence-electron chi connectivity index (χ2n) is 7.48. The van der Waals surface area contributed by atoms with Crippen molar-refractivity contribution in [2.24, 2.45) is 0 Å². The summed E-state index contributed by atoms with van der Waals surface area (Å²) in [6, 6.07) is 18.2. The van der Waals surface area contributed by atoms with Gasteiger partial charge < -0.3 is 19.5 Å². The summed E-state index contributed by atoms with van der Waals surface area (Å²) in [6.07, 6.45) is 0. The second kappa shape index (κ2) is 9.51. The zero-order valence-electron chi connectivity index (χ0n) is 18.2. The Morgan fingerprint density at radius 3 is 2.64 bits per heavy atom. The fourth-order valence-electron chi connectivity index (χ4n) is 3.50. The average Bonchev–Trinajstić information content (AvgIpc) is 3.31. The molecule has 3 aromatic rings. The molecule has 0 bridgehead atoms. The third-order valence-electron chi connectivity index (χ3n) is 5.26. The molecule has 33 heavy (non-hydrogen) atoms. The van der Waals surface area contributed by atoms with Crippen LogP contribution in [0.3, 0.4) is 0 Å². The van der Waals surface area contributed by atoms with Gasteiger partial charge in [-0.2, -0.15) is 0 Å². The maximum atomic E-state index is 12.8. The van der Waals surface area contributed by atoms with Crippen molar-refractivity contribution in [1.29, 1.82) is 0 Å². The van der Waals surface area contributed by atoms with E-state index in [-0.39, 0.29) is 35.7 Å². The number of nitrogens with one attached hydrogen (secondary N) is 2. The van der Waals surface area contributed by atoms with Gasteiger partial charge in [0.05, 0.1) is 18.0 Å². The third-order valence-corrected chi connectivity index (χ3v) is 6.66. The highest BCUT2D eigenvalue weighted by atomic mass is 32.2. The molecule has 0 radical (unpaired) electrons. The highest BCUT2D eigenvalue weighted by Gasteiger charge is 2.19. The van der Waals surface area contributed by atoms with Gasteiger partial charge in [0.25, 0.3) is 5.91 Å². The molecule has 1 aliphatic rings. The number of benzene rings is 3. The van der Waals surface area contributed by atoms with Crippen molar-refractivity contribution < 1.29 is 27.4 Å². The van der Waals surface area contributed by atoms with Gasteiger partial charge >= 0.3 is 0 Å². The molecule has 0 saturated heterocycles. The topological polar surface area (TPSA) is 103 Å². The van der Waals surface area contributed by atoms with E-state index in [1.807, 2.05) is 31.2 Å². The Morgan fingerprint density at radius 2 is 1.82 bits per heavy atom. The van der Waals surface area contributed by atoms with E-state index in [2.05, 4.69) is 10.0 Å². The fraction of sp³-hybridized carbons (Fsp3) is 0.208. The first-order valence-electron chi connectivity index (χ1n) is 10.3. The van der Waals surface area contributed by atoms with Crippen molar-refractivity contribution in [2.75, 3.05) is 13.9 Å². The first-order valence-corrected chi connectivity index (χ1v) is 11.8. The molecule has 0 aliphatic carbocycles. The molecule has 9 heteroatoms. The Labute approximate surface area is 192 Å². The van der Waals surface area contributed by atoms with Crippen molar-refractivity contribution in [1.82, 2.24) is 10.0 Å². The van der Waals surface area contributed by atoms with E-state index in [9.17, 15) is 13.2 Å². The van der Waals surface area contributed by atoms with Crippen LogP contribution in [0.25, 0.3) is 0 Å². The number of amides is 1. The number of sulfonamides is 1. The van der Waals surface area contributed by atoms with E-state index in [1.165, 1.54) is 18.2 Å². The lowest BCUT2D eigenvalue weighted by Gasteiger charge is -2.17. The summed E-state index contributed by atoms with van der Waals surface area (Å²) in [5, 5.41) is 2.89. The molecule has 1 heterocycles. The third kappa shape index (κ3) is 5.10. The molecule has 1 amide bonds. The van der Waals surface area contributed by atoms with E-state index in [1.54, 1.807) is 31.4 Å². The van der Waals surface area contributed by atoms with Crippen LogP contribution in [0.1, 0.15) is 34.5 Å². The monoisotopic (exact) mass is 468 g/mol. The average molecular weight is 469 g/mol. The first-order chi connectivity index (χ1) is 15.9. The zero-order valence-corrected chi connectivity index (χ0v) is 19.0. The number of carbonyl (C=O) groups is 1. The van der Waals surface area contributed by atoms with E-state index in [0.717, 1.165) is 11.1 Å². The summed E-state index contributed by atoms with van der Waals surface area (Å²) >= 11 is 0. The Balaban J connectivity index is 1.45. The van der Waals surface area contributed by atoms with Crippen LogP contribution in [-0.4, -0.2) is 28.2 Å². The smallest absolute Gasteiger partial charge is 0.251 e. The van der Waals surface area contributed by atoms with Crippen LogP contribution in [0.5, 0.6) is 17.2 Å². The minimum absolute atomic E-state index is 0.000776. The Kier molecular flexibility index (Phi) is 6.52. The van der Waals surface area contributed by atoms with Crippen LogP contribution in [0.4, 0.5) is 0 Å². The van der Waals surface area contributed by atoms with Gasteiger partial charge in [0.15, 0.2) is 11.5 Å². The minimum Gasteiger partial charge on any atom is -0.496 e. The lowest BCUT2D eigenvalue weighted by Crippen LogP contribution is -2.28. The lowest BCUT2D eigenvalue weighted by atomic mass is 10.1. The first kappa shape index (κ1) is 22.6. The number of ether oxygens (including phenoxy) is 3. The number of carbonyl (C=O) groups excluding carboxylic acids is 1. The molecule has 0 spiro atoms. The van der Waals surface area contributed by atoms with Crippen molar-refractivity contribution in [3.63, 3.8) is 0 Å². The zero-order chi connectivity index (χ0) is 23.4. The fourth-order valence-corrected chi connectivity index (χ4v) is 4.56. The molecule has 0 unspecified atom stereocenters. The summed E-state index contributed by atoms with van der Waals surface area (Å²) < 4.78 is 44.2. The molecule has 3 aromatic carbocycles. The minimum atomic E-state index is -3.84. The molecule has 0 saturated carbocycles. The van der Waals surface area contributed by atoms with Crippen molar-refractivity contribution in [3.05, 3.63) is 83.4 Å². The number of methoxy groups -OCH3 is 1. The number of rotatable bonds is 8. The molecule has 172 valence electrons. The van der Waals surface area contributed by atoms with Crippen molar-refractivity contribution >= 4 is 15.9 Å². The molecule has 2 N–H and O–H groups in total. The normalized spacial score (nSPS) is 13.4. The predicted molar refractivity (Wildman–Crippen MR) is 122 cm³/mol. The van der Waals surface area contributed by atoms with Gasteiger partial charge in [-0.15, -0.1) is 0 Å². The van der Waals surface area contributed by atoms with Gasteiger partial charge in [-0.05, 0) is 48.9 Å². The number of para-hydroxylation sites is 1. The van der Waals surface area contributed by atoms with E-state index in [4.69, 9.17) is 14.2 Å². The number of hydrogen-bond donors (Lipinski definition) is 2. The van der Waals surface area contributed by atoms with E-state index in [0.29, 0.717) is 17.2 Å². The number of hydrogen-bond acceptors (Lipinski definition) is 6. The molecular formula is C24H24N2O6S. The van der Waals surface area contributed by atoms with Gasteiger partial charge in [-0.3, -0.25) is 4.79 Å². The van der Waals surface area contributed by atoms with Crippen LogP contribution in [-0.2, 0) is 16.6 Å². The van der Waals surface area contributed by atoms with Crippen LogP contribution in [0, 0.1) is 0 Å². The quantitative estimate of drug-likeness (QED) is 0.525. The Morgan fingerprint density at radius 1 is 1.03 bits per heavy atom. The summed E-state index contributed by atoms with van der Waals surface area (Å²) in [6.45, 7) is 2.05. The maximum Gasteiger partial charge on any atom is 0.251 e. The molecular weight excluding hydrogens is 444 g/mol. The summed E-state index contributed by atoms with van der Waals surface area (Å²) in [7, 11) is -2.27. The second-order valence-corrected chi connectivity index (χ2v) is 9.24. The van der Waals surface area contributed by atoms with Gasteiger partial charge in [-0.25, -0.2) is 13.1 Å². The summed E-state index contributed by atoms with van der Waals surface area (Å²) in [5.41, 5.74) is 1.78. The van der Waals surface area contributed by atoms with Crippen LogP contribution < -0.4 is 24.2 Å². The van der Waals surface area contributed by atoms with Gasteiger partial charge in [0, 0.05) is 17.7 Å². The van der Waals surface area contributed by atoms with Crippen LogP contribution >= 0.6 is 0 Å². The lowest BCUT2D eigenvalue weighted by molar-refractivity contribution is 0.0939.